The maximum absolute atomic E-state index is 12.7. The highest BCUT2D eigenvalue weighted by Gasteiger charge is 2.26. The van der Waals surface area contributed by atoms with Gasteiger partial charge in [0.1, 0.15) is 17.1 Å². The largest absolute Gasteiger partial charge is 0.507 e. The molecule has 0 aliphatic carbocycles. The summed E-state index contributed by atoms with van der Waals surface area (Å²) in [4.78, 5) is 14.3. The summed E-state index contributed by atoms with van der Waals surface area (Å²) in [5.41, 5.74) is 1.56. The fraction of sp³-hybridized carbons (Fsp3) is 0.188. The van der Waals surface area contributed by atoms with Crippen LogP contribution in [0.2, 0.25) is 0 Å². The maximum Gasteiger partial charge on any atom is 0.265 e. The Morgan fingerprint density at radius 3 is 2.52 bits per heavy atom. The zero-order valence-electron chi connectivity index (χ0n) is 11.4. The first-order valence-corrected chi connectivity index (χ1v) is 6.84. The number of amides is 1. The fourth-order valence-electron chi connectivity index (χ4n) is 2.53. The Morgan fingerprint density at radius 1 is 1.05 bits per heavy atom. The van der Waals surface area contributed by atoms with E-state index in [9.17, 15) is 15.0 Å². The molecule has 1 aliphatic heterocycles. The first kappa shape index (κ1) is 13.3. The van der Waals surface area contributed by atoms with Gasteiger partial charge in [-0.2, -0.15) is 0 Å². The molecule has 3 rings (SSSR count). The van der Waals surface area contributed by atoms with Crippen LogP contribution in [0.5, 0.6) is 11.5 Å². The Balaban J connectivity index is 2.06. The van der Waals surface area contributed by atoms with Crippen molar-refractivity contribution in [1.82, 2.24) is 0 Å². The predicted octanol–water partition coefficient (Wildman–Crippen LogP) is 2.56. The Hall–Kier alpha value is -2.69. The highest BCUT2D eigenvalue weighted by Crippen LogP contribution is 2.33. The van der Waals surface area contributed by atoms with Gasteiger partial charge in [0.05, 0.1) is 11.4 Å². The fourth-order valence-corrected chi connectivity index (χ4v) is 2.53. The van der Waals surface area contributed by atoms with Crippen molar-refractivity contribution in [2.75, 3.05) is 23.3 Å². The normalized spacial score (nSPS) is 14.0. The quantitative estimate of drug-likeness (QED) is 0.752. The van der Waals surface area contributed by atoms with Crippen molar-refractivity contribution >= 4 is 17.3 Å². The highest BCUT2D eigenvalue weighted by atomic mass is 16.3. The molecular formula is C16H16N2O3. The van der Waals surface area contributed by atoms with Crippen molar-refractivity contribution in [3.05, 3.63) is 48.0 Å². The molecule has 0 spiro atoms. The smallest absolute Gasteiger partial charge is 0.265 e. The first-order chi connectivity index (χ1) is 10.2. The number of nitrogens with zero attached hydrogens (tertiary/aromatic N) is 1. The van der Waals surface area contributed by atoms with E-state index in [1.54, 1.807) is 4.90 Å². The summed E-state index contributed by atoms with van der Waals surface area (Å²) in [5, 5.41) is 23.0. The molecule has 0 aromatic heterocycles. The van der Waals surface area contributed by atoms with Gasteiger partial charge in [0.25, 0.3) is 5.91 Å². The van der Waals surface area contributed by atoms with Crippen molar-refractivity contribution in [2.45, 2.75) is 6.42 Å². The van der Waals surface area contributed by atoms with E-state index in [0.717, 1.165) is 24.3 Å². The van der Waals surface area contributed by atoms with Crippen molar-refractivity contribution < 1.29 is 15.0 Å². The van der Waals surface area contributed by atoms with Gasteiger partial charge in [-0.3, -0.25) is 4.79 Å². The lowest BCUT2D eigenvalue weighted by atomic mass is 10.1. The van der Waals surface area contributed by atoms with Gasteiger partial charge in [0, 0.05) is 13.1 Å². The highest BCUT2D eigenvalue weighted by molar-refractivity contribution is 6.11. The number of hydrogen-bond donors (Lipinski definition) is 3. The molecule has 5 nitrogen and oxygen atoms in total. The van der Waals surface area contributed by atoms with Gasteiger partial charge >= 0.3 is 0 Å². The summed E-state index contributed by atoms with van der Waals surface area (Å²) in [7, 11) is 0. The Bertz CT molecular complexity index is 665. The molecule has 1 aliphatic rings. The van der Waals surface area contributed by atoms with Gasteiger partial charge < -0.3 is 20.4 Å². The van der Waals surface area contributed by atoms with Crippen LogP contribution in [-0.2, 0) is 0 Å². The number of carbonyl (C=O) groups excluding carboxylic acids is 1. The summed E-state index contributed by atoms with van der Waals surface area (Å²) < 4.78 is 0. The maximum atomic E-state index is 12.7. The molecule has 2 aromatic carbocycles. The Kier molecular flexibility index (Phi) is 3.39. The summed E-state index contributed by atoms with van der Waals surface area (Å²) in [5.74, 6) is -0.828. The summed E-state index contributed by atoms with van der Waals surface area (Å²) in [6.45, 7) is 1.30. The second-order valence-corrected chi connectivity index (χ2v) is 4.93. The van der Waals surface area contributed by atoms with Crippen LogP contribution in [0.3, 0.4) is 0 Å². The van der Waals surface area contributed by atoms with E-state index in [4.69, 9.17) is 0 Å². The molecule has 0 atom stereocenters. The number of phenolic OH excluding ortho intramolecular Hbond substituents is 2. The van der Waals surface area contributed by atoms with E-state index in [0.29, 0.717) is 6.54 Å². The van der Waals surface area contributed by atoms with E-state index in [2.05, 4.69) is 5.32 Å². The third-order valence-electron chi connectivity index (χ3n) is 3.55. The van der Waals surface area contributed by atoms with Crippen molar-refractivity contribution in [3.8, 4) is 11.5 Å². The van der Waals surface area contributed by atoms with Gasteiger partial charge in [-0.05, 0) is 30.7 Å². The average Bonchev–Trinajstić information content (AvgIpc) is 2.69. The predicted molar refractivity (Wildman–Crippen MR) is 81.0 cm³/mol. The lowest BCUT2D eigenvalue weighted by molar-refractivity contribution is 0.0982. The number of hydrogen-bond acceptors (Lipinski definition) is 4. The van der Waals surface area contributed by atoms with Gasteiger partial charge in [-0.25, -0.2) is 0 Å². The number of rotatable bonds is 1. The topological polar surface area (TPSA) is 72.8 Å². The number of aromatic hydroxyl groups is 2. The molecule has 21 heavy (non-hydrogen) atoms. The van der Waals surface area contributed by atoms with Gasteiger partial charge in [-0.1, -0.05) is 18.2 Å². The molecule has 5 heteroatoms. The van der Waals surface area contributed by atoms with E-state index >= 15 is 0 Å². The van der Waals surface area contributed by atoms with E-state index in [-0.39, 0.29) is 17.1 Å². The minimum absolute atomic E-state index is 0.0609. The molecule has 0 unspecified atom stereocenters. The standard InChI is InChI=1S/C16H16N2O3/c19-13-7-3-8-14(20)15(13)16(21)18-10-4-9-17-11-5-1-2-6-12(11)18/h1-3,5-8,17,19-20H,4,9-10H2. The molecule has 2 aromatic rings. The van der Waals surface area contributed by atoms with Gasteiger partial charge in [-0.15, -0.1) is 0 Å². The van der Waals surface area contributed by atoms with Crippen molar-refractivity contribution in [2.24, 2.45) is 0 Å². The molecule has 1 amide bonds. The SMILES string of the molecule is O=C(c1c(O)cccc1O)N1CCCNc2ccccc21. The number of anilines is 2. The Labute approximate surface area is 122 Å². The van der Waals surface area contributed by atoms with Crippen LogP contribution in [0.1, 0.15) is 16.8 Å². The van der Waals surface area contributed by atoms with Crippen LogP contribution in [0, 0.1) is 0 Å². The van der Waals surface area contributed by atoms with Crippen LogP contribution in [0.4, 0.5) is 11.4 Å². The zero-order valence-corrected chi connectivity index (χ0v) is 11.4. The minimum Gasteiger partial charge on any atom is -0.507 e. The minimum atomic E-state index is -0.401. The van der Waals surface area contributed by atoms with Gasteiger partial charge in [0.2, 0.25) is 0 Å². The molecule has 0 fully saturated rings. The van der Waals surface area contributed by atoms with E-state index < -0.39 is 5.91 Å². The molecule has 0 radical (unpaired) electrons. The Morgan fingerprint density at radius 2 is 1.76 bits per heavy atom. The molecular weight excluding hydrogens is 268 g/mol. The number of nitrogens with one attached hydrogen (secondary N) is 1. The molecule has 1 heterocycles. The summed E-state index contributed by atoms with van der Waals surface area (Å²) in [6.07, 6.45) is 0.786. The van der Waals surface area contributed by atoms with E-state index in [1.165, 1.54) is 18.2 Å². The molecule has 0 saturated heterocycles. The van der Waals surface area contributed by atoms with Gasteiger partial charge in [0.15, 0.2) is 0 Å². The van der Waals surface area contributed by atoms with Crippen LogP contribution in [-0.4, -0.2) is 29.2 Å². The number of para-hydroxylation sites is 2. The van der Waals surface area contributed by atoms with Crippen LogP contribution >= 0.6 is 0 Å². The van der Waals surface area contributed by atoms with Crippen molar-refractivity contribution in [3.63, 3.8) is 0 Å². The third-order valence-corrected chi connectivity index (χ3v) is 3.55. The lowest BCUT2D eigenvalue weighted by Crippen LogP contribution is -2.31. The second-order valence-electron chi connectivity index (χ2n) is 4.93. The molecule has 0 saturated carbocycles. The lowest BCUT2D eigenvalue weighted by Gasteiger charge is -2.23. The average molecular weight is 284 g/mol. The van der Waals surface area contributed by atoms with Crippen LogP contribution in [0.15, 0.2) is 42.5 Å². The zero-order chi connectivity index (χ0) is 14.8. The third kappa shape index (κ3) is 2.38. The molecule has 0 bridgehead atoms. The number of carbonyl (C=O) groups is 1. The molecule has 3 N–H and O–H groups in total. The summed E-state index contributed by atoms with van der Waals surface area (Å²) >= 11 is 0. The van der Waals surface area contributed by atoms with Crippen molar-refractivity contribution in [1.29, 1.82) is 0 Å². The first-order valence-electron chi connectivity index (χ1n) is 6.84. The monoisotopic (exact) mass is 284 g/mol. The number of benzene rings is 2. The van der Waals surface area contributed by atoms with E-state index in [1.807, 2.05) is 24.3 Å². The van der Waals surface area contributed by atoms with Crippen LogP contribution < -0.4 is 10.2 Å². The molecule has 108 valence electrons. The second kappa shape index (κ2) is 5.36. The van der Waals surface area contributed by atoms with Crippen LogP contribution in [0.25, 0.3) is 0 Å². The summed E-state index contributed by atoms with van der Waals surface area (Å²) in [6, 6.07) is 11.8. The number of fused-ring (bicyclic) bond motifs is 1. The number of phenols is 2.